The third-order valence-electron chi connectivity index (χ3n) is 5.19. The number of pyridine rings is 1. The van der Waals surface area contributed by atoms with Crippen LogP contribution in [0.25, 0.3) is 10.9 Å². The lowest BCUT2D eigenvalue weighted by Gasteiger charge is -2.18. The van der Waals surface area contributed by atoms with Crippen LogP contribution in [0.5, 0.6) is 0 Å². The largest absolute Gasteiger partial charge is 0.465 e. The lowest BCUT2D eigenvalue weighted by atomic mass is 10.0. The second kappa shape index (κ2) is 9.38. The molecule has 0 amide bonds. The van der Waals surface area contributed by atoms with Gasteiger partial charge in [0.2, 0.25) is 5.43 Å². The first-order valence-electron chi connectivity index (χ1n) is 10.6. The summed E-state index contributed by atoms with van der Waals surface area (Å²) in [6.45, 7) is 10.7. The fraction of sp³-hybridized carbons (Fsp3) is 0.417. The van der Waals surface area contributed by atoms with Crippen molar-refractivity contribution in [2.24, 2.45) is 5.92 Å². The highest BCUT2D eigenvalue weighted by atomic mass is 16.5. The van der Waals surface area contributed by atoms with Crippen LogP contribution in [0.4, 0.5) is 0 Å². The summed E-state index contributed by atoms with van der Waals surface area (Å²) in [5.74, 6) is -0.974. The summed E-state index contributed by atoms with van der Waals surface area (Å²) in [6.07, 6.45) is 1.55. The molecular weight excluding hydrogens is 410 g/mol. The van der Waals surface area contributed by atoms with Crippen molar-refractivity contribution in [3.63, 3.8) is 0 Å². The molecular formula is C24H29N3O5. The number of hydrogen-bond donors (Lipinski definition) is 0. The quantitative estimate of drug-likeness (QED) is 0.524. The Labute approximate surface area is 186 Å². The summed E-state index contributed by atoms with van der Waals surface area (Å²) in [5.41, 5.74) is 2.89. The van der Waals surface area contributed by atoms with E-state index in [2.05, 4.69) is 5.10 Å². The van der Waals surface area contributed by atoms with E-state index in [9.17, 15) is 14.4 Å². The summed E-state index contributed by atoms with van der Waals surface area (Å²) >= 11 is 0. The normalized spacial score (nSPS) is 11.2. The number of ether oxygens (including phenoxy) is 2. The molecule has 0 radical (unpaired) electrons. The van der Waals surface area contributed by atoms with Gasteiger partial charge in [-0.05, 0) is 50.5 Å². The van der Waals surface area contributed by atoms with E-state index in [4.69, 9.17) is 9.47 Å². The summed E-state index contributed by atoms with van der Waals surface area (Å²) in [5, 5.41) is 4.76. The lowest BCUT2D eigenvalue weighted by molar-refractivity contribution is 0.0523. The predicted octanol–water partition coefficient (Wildman–Crippen LogP) is 3.48. The van der Waals surface area contributed by atoms with Crippen LogP contribution in [0.3, 0.4) is 0 Å². The van der Waals surface area contributed by atoms with Gasteiger partial charge in [0.15, 0.2) is 0 Å². The number of nitrogens with zero attached hydrogens (tertiary/aromatic N) is 3. The molecule has 0 spiro atoms. The van der Waals surface area contributed by atoms with Crippen LogP contribution >= 0.6 is 0 Å². The number of benzene rings is 1. The predicted molar refractivity (Wildman–Crippen MR) is 121 cm³/mol. The van der Waals surface area contributed by atoms with Crippen molar-refractivity contribution < 1.29 is 19.1 Å². The van der Waals surface area contributed by atoms with Gasteiger partial charge in [0.05, 0.1) is 37.0 Å². The van der Waals surface area contributed by atoms with Gasteiger partial charge >= 0.3 is 11.9 Å². The number of carbonyl (C=O) groups excluding carboxylic acids is 2. The molecule has 0 saturated carbocycles. The van der Waals surface area contributed by atoms with E-state index in [1.807, 2.05) is 44.4 Å². The minimum absolute atomic E-state index is 0.0536. The summed E-state index contributed by atoms with van der Waals surface area (Å²) in [7, 11) is 1.30. The van der Waals surface area contributed by atoms with E-state index < -0.39 is 17.4 Å². The minimum atomic E-state index is -0.678. The molecule has 0 N–H and O–H groups in total. The molecule has 0 aliphatic heterocycles. The molecule has 2 aromatic heterocycles. The van der Waals surface area contributed by atoms with E-state index in [0.717, 1.165) is 11.4 Å². The first kappa shape index (κ1) is 23.2. The Morgan fingerprint density at radius 1 is 1.09 bits per heavy atom. The molecule has 32 heavy (non-hydrogen) atoms. The standard InChI is InChI=1S/C24H29N3O5/c1-7-32-24(30)20-13-26(11-14(2)3)21-9-17(12-27-16(5)8-15(4)25-27)18(23(29)31-6)10-19(21)22(20)28/h8-10,13-14H,7,11-12H2,1-6H3. The molecule has 8 nitrogen and oxygen atoms in total. The lowest BCUT2D eigenvalue weighted by Crippen LogP contribution is -2.23. The van der Waals surface area contributed by atoms with Gasteiger partial charge in [-0.3, -0.25) is 9.48 Å². The Bertz CT molecular complexity index is 1240. The number of hydrogen-bond acceptors (Lipinski definition) is 6. The molecule has 3 rings (SSSR count). The number of esters is 2. The topological polar surface area (TPSA) is 92.4 Å². The second-order valence-electron chi connectivity index (χ2n) is 8.24. The van der Waals surface area contributed by atoms with Crippen molar-refractivity contribution in [2.75, 3.05) is 13.7 Å². The van der Waals surface area contributed by atoms with Gasteiger partial charge < -0.3 is 14.0 Å². The highest BCUT2D eigenvalue weighted by Crippen LogP contribution is 2.23. The van der Waals surface area contributed by atoms with Crippen molar-refractivity contribution in [1.29, 1.82) is 0 Å². The maximum Gasteiger partial charge on any atom is 0.343 e. The van der Waals surface area contributed by atoms with Crippen LogP contribution in [0.1, 0.15) is 58.4 Å². The van der Waals surface area contributed by atoms with Gasteiger partial charge in [-0.2, -0.15) is 5.10 Å². The molecule has 1 aromatic carbocycles. The van der Waals surface area contributed by atoms with E-state index >= 15 is 0 Å². The maximum atomic E-state index is 13.2. The molecule has 8 heteroatoms. The Morgan fingerprint density at radius 2 is 1.81 bits per heavy atom. The SMILES string of the molecule is CCOC(=O)c1cn(CC(C)C)c2cc(Cn3nc(C)cc3C)c(C(=O)OC)cc2c1=O. The van der Waals surface area contributed by atoms with E-state index in [0.29, 0.717) is 24.2 Å². The first-order chi connectivity index (χ1) is 15.2. The van der Waals surface area contributed by atoms with E-state index in [-0.39, 0.29) is 29.0 Å². The zero-order valence-electron chi connectivity index (χ0n) is 19.4. The van der Waals surface area contributed by atoms with Gasteiger partial charge in [-0.25, -0.2) is 9.59 Å². The molecule has 0 aliphatic rings. The highest BCUT2D eigenvalue weighted by Gasteiger charge is 2.21. The van der Waals surface area contributed by atoms with Crippen molar-refractivity contribution >= 4 is 22.8 Å². The Balaban J connectivity index is 2.31. The van der Waals surface area contributed by atoms with Crippen LogP contribution in [-0.2, 0) is 22.6 Å². The molecule has 0 unspecified atom stereocenters. The monoisotopic (exact) mass is 439 g/mol. The van der Waals surface area contributed by atoms with Gasteiger partial charge in [0, 0.05) is 23.8 Å². The number of fused-ring (bicyclic) bond motifs is 1. The van der Waals surface area contributed by atoms with Crippen molar-refractivity contribution in [2.45, 2.75) is 47.7 Å². The fourth-order valence-electron chi connectivity index (χ4n) is 3.81. The van der Waals surface area contributed by atoms with Gasteiger partial charge in [0.1, 0.15) is 5.56 Å². The van der Waals surface area contributed by atoms with Crippen LogP contribution < -0.4 is 5.43 Å². The average Bonchev–Trinajstić information content (AvgIpc) is 3.05. The Hall–Kier alpha value is -3.42. The van der Waals surface area contributed by atoms with Crippen molar-refractivity contribution in [1.82, 2.24) is 14.3 Å². The molecule has 0 aliphatic carbocycles. The van der Waals surface area contributed by atoms with Gasteiger partial charge in [-0.1, -0.05) is 13.8 Å². The zero-order chi connectivity index (χ0) is 23.6. The summed E-state index contributed by atoms with van der Waals surface area (Å²) in [4.78, 5) is 38.2. The van der Waals surface area contributed by atoms with E-state index in [1.54, 1.807) is 17.8 Å². The van der Waals surface area contributed by atoms with Crippen LogP contribution in [0.2, 0.25) is 0 Å². The maximum absolute atomic E-state index is 13.2. The summed E-state index contributed by atoms with van der Waals surface area (Å²) < 4.78 is 13.7. The number of methoxy groups -OCH3 is 1. The summed E-state index contributed by atoms with van der Waals surface area (Å²) in [6, 6.07) is 5.29. The molecule has 3 aromatic rings. The number of aromatic nitrogens is 3. The molecule has 2 heterocycles. The van der Waals surface area contributed by atoms with Crippen LogP contribution in [0.15, 0.2) is 29.2 Å². The van der Waals surface area contributed by atoms with Crippen LogP contribution in [-0.4, -0.2) is 40.0 Å². The smallest absolute Gasteiger partial charge is 0.343 e. The van der Waals surface area contributed by atoms with Gasteiger partial charge in [-0.15, -0.1) is 0 Å². The van der Waals surface area contributed by atoms with Crippen molar-refractivity contribution in [3.8, 4) is 0 Å². The third-order valence-corrected chi connectivity index (χ3v) is 5.19. The number of aryl methyl sites for hydroxylation is 2. The van der Waals surface area contributed by atoms with E-state index in [1.165, 1.54) is 13.2 Å². The zero-order valence-corrected chi connectivity index (χ0v) is 19.4. The third kappa shape index (κ3) is 4.59. The van der Waals surface area contributed by atoms with Crippen LogP contribution in [0, 0.1) is 19.8 Å². The first-order valence-corrected chi connectivity index (χ1v) is 10.6. The molecule has 0 fully saturated rings. The molecule has 170 valence electrons. The fourth-order valence-corrected chi connectivity index (χ4v) is 3.81. The van der Waals surface area contributed by atoms with Gasteiger partial charge in [0.25, 0.3) is 0 Å². The highest BCUT2D eigenvalue weighted by molar-refractivity contribution is 5.99. The Morgan fingerprint density at radius 3 is 2.38 bits per heavy atom. The Kier molecular flexibility index (Phi) is 6.81. The second-order valence-corrected chi connectivity index (χ2v) is 8.24. The van der Waals surface area contributed by atoms with Crippen molar-refractivity contribution in [3.05, 3.63) is 62.7 Å². The number of carbonyl (C=O) groups is 2. The number of rotatable bonds is 7. The molecule has 0 bridgehead atoms. The molecule has 0 atom stereocenters. The molecule has 0 saturated heterocycles. The minimum Gasteiger partial charge on any atom is -0.465 e. The average molecular weight is 440 g/mol.